The van der Waals surface area contributed by atoms with Gasteiger partial charge in [-0.1, -0.05) is 110 Å². The Labute approximate surface area is 302 Å². The summed E-state index contributed by atoms with van der Waals surface area (Å²) in [7, 11) is 0. The number of aromatic nitrogens is 3. The normalized spacial score (nSPS) is 17.7. The van der Waals surface area contributed by atoms with E-state index in [1.807, 2.05) is 0 Å². The van der Waals surface area contributed by atoms with Crippen molar-refractivity contribution in [3.05, 3.63) is 175 Å². The van der Waals surface area contributed by atoms with Crippen molar-refractivity contribution < 1.29 is 0 Å². The predicted molar refractivity (Wildman–Crippen MR) is 217 cm³/mol. The van der Waals surface area contributed by atoms with Gasteiger partial charge < -0.3 is 14.0 Å². The fourth-order valence-corrected chi connectivity index (χ4v) is 9.07. The highest BCUT2D eigenvalue weighted by atomic mass is 15.2. The van der Waals surface area contributed by atoms with E-state index < -0.39 is 0 Å². The molecule has 3 aromatic heterocycles. The number of fused-ring (bicyclic) bond motifs is 9. The van der Waals surface area contributed by atoms with Crippen LogP contribution in [-0.2, 0) is 6.42 Å². The van der Waals surface area contributed by atoms with Gasteiger partial charge in [-0.15, -0.1) is 0 Å². The Morgan fingerprint density at radius 3 is 2.13 bits per heavy atom. The molecule has 0 amide bonds. The van der Waals surface area contributed by atoms with Crippen LogP contribution in [0.3, 0.4) is 0 Å². The first-order chi connectivity index (χ1) is 25.7. The summed E-state index contributed by atoms with van der Waals surface area (Å²) in [6, 6.07) is 50.6. The van der Waals surface area contributed by atoms with Gasteiger partial charge in [-0.05, 0) is 84.2 Å². The second kappa shape index (κ2) is 11.3. The molecule has 4 heteroatoms. The lowest BCUT2D eigenvalue weighted by Crippen LogP contribution is -2.31. The molecular weight excluding hydrogens is 633 g/mol. The molecule has 0 radical (unpaired) electrons. The number of para-hydroxylation sites is 4. The van der Waals surface area contributed by atoms with E-state index in [-0.39, 0.29) is 6.04 Å². The van der Waals surface area contributed by atoms with Gasteiger partial charge in [-0.25, -0.2) is 4.98 Å². The Morgan fingerprint density at radius 2 is 1.35 bits per heavy atom. The van der Waals surface area contributed by atoms with Crippen LogP contribution in [0, 0.1) is 5.92 Å². The van der Waals surface area contributed by atoms with Gasteiger partial charge in [0.15, 0.2) is 0 Å². The van der Waals surface area contributed by atoms with Gasteiger partial charge in [-0.2, -0.15) is 0 Å². The molecule has 5 aromatic carbocycles. The molecule has 11 rings (SSSR count). The van der Waals surface area contributed by atoms with E-state index in [0.29, 0.717) is 5.92 Å². The van der Waals surface area contributed by atoms with E-state index in [9.17, 15) is 0 Å². The number of hydrogen-bond donors (Lipinski definition) is 0. The lowest BCUT2D eigenvalue weighted by molar-refractivity contribution is 0.733. The molecule has 248 valence electrons. The highest BCUT2D eigenvalue weighted by Crippen LogP contribution is 2.50. The van der Waals surface area contributed by atoms with Crippen LogP contribution >= 0.6 is 0 Å². The Hall–Kier alpha value is -6.39. The first-order valence-electron chi connectivity index (χ1n) is 18.4. The van der Waals surface area contributed by atoms with Crippen molar-refractivity contribution in [2.24, 2.45) is 5.92 Å². The molecule has 0 bridgehead atoms. The second-order valence-electron chi connectivity index (χ2n) is 14.4. The first kappa shape index (κ1) is 29.4. The largest absolute Gasteiger partial charge is 0.318 e. The van der Waals surface area contributed by atoms with Crippen LogP contribution in [0.25, 0.3) is 67.0 Å². The maximum Gasteiger partial charge on any atom is 0.134 e. The summed E-state index contributed by atoms with van der Waals surface area (Å²) in [6.07, 6.45) is 11.5. The standard InChI is InChI=1S/C48H36N4/c1-31-13-10-15-33(27-31)51-44-24-8-4-19-37(44)39-30-47-40(29-46(39)51)38-20-5-9-25-45(38)52(47)48-26-12-21-41(49-48)32-14-11-16-34(28-32)50-42-22-6-2-17-35(42)36-18-3-7-23-43(36)50/h2-12,14-29,31,47H,13,30H2,1H3. The first-order valence-corrected chi connectivity index (χ1v) is 18.4. The Kier molecular flexibility index (Phi) is 6.38. The van der Waals surface area contributed by atoms with Crippen molar-refractivity contribution in [2.75, 3.05) is 4.90 Å². The van der Waals surface area contributed by atoms with Crippen LogP contribution in [0.5, 0.6) is 0 Å². The van der Waals surface area contributed by atoms with Crippen molar-refractivity contribution in [3.63, 3.8) is 0 Å². The Morgan fingerprint density at radius 1 is 0.654 bits per heavy atom. The van der Waals surface area contributed by atoms with Gasteiger partial charge in [0.1, 0.15) is 5.82 Å². The van der Waals surface area contributed by atoms with Crippen molar-refractivity contribution >= 4 is 61.6 Å². The van der Waals surface area contributed by atoms with E-state index in [4.69, 9.17) is 4.98 Å². The molecule has 0 saturated heterocycles. The molecule has 1 aliphatic heterocycles. The SMILES string of the molecule is CC1C=C(n2c3c(c4ccccc42)CC2C(=C3)c3ccccc3N2c2cccc(-c3cccc(-n4c5ccccc5c5ccccc54)c3)n2)C=CC1. The zero-order valence-electron chi connectivity index (χ0n) is 28.9. The van der Waals surface area contributed by atoms with Gasteiger partial charge in [0, 0.05) is 45.1 Å². The molecule has 2 atom stereocenters. The lowest BCUT2D eigenvalue weighted by atomic mass is 9.89. The topological polar surface area (TPSA) is 26.0 Å². The van der Waals surface area contributed by atoms with Crippen LogP contribution in [0.4, 0.5) is 11.5 Å². The predicted octanol–water partition coefficient (Wildman–Crippen LogP) is 11.9. The third-order valence-corrected chi connectivity index (χ3v) is 11.3. The summed E-state index contributed by atoms with van der Waals surface area (Å²) in [5.74, 6) is 1.49. The number of benzene rings is 5. The molecular formula is C48H36N4. The smallest absolute Gasteiger partial charge is 0.134 e. The summed E-state index contributed by atoms with van der Waals surface area (Å²) in [6.45, 7) is 2.31. The van der Waals surface area contributed by atoms with Gasteiger partial charge in [0.2, 0.25) is 0 Å². The molecule has 52 heavy (non-hydrogen) atoms. The number of rotatable bonds is 4. The van der Waals surface area contributed by atoms with E-state index in [2.05, 4.69) is 185 Å². The number of pyridine rings is 1. The fourth-order valence-electron chi connectivity index (χ4n) is 9.07. The van der Waals surface area contributed by atoms with E-state index in [0.717, 1.165) is 35.6 Å². The third kappa shape index (κ3) is 4.31. The number of allylic oxidation sites excluding steroid dienone is 4. The van der Waals surface area contributed by atoms with Crippen molar-refractivity contribution in [1.29, 1.82) is 0 Å². The monoisotopic (exact) mass is 668 g/mol. The average molecular weight is 669 g/mol. The lowest BCUT2D eigenvalue weighted by Gasteiger charge is -2.30. The summed E-state index contributed by atoms with van der Waals surface area (Å²) in [5.41, 5.74) is 14.7. The zero-order chi connectivity index (χ0) is 34.3. The summed E-state index contributed by atoms with van der Waals surface area (Å²) >= 11 is 0. The minimum absolute atomic E-state index is 0.144. The zero-order valence-corrected chi connectivity index (χ0v) is 28.9. The maximum absolute atomic E-state index is 5.43. The highest BCUT2D eigenvalue weighted by molar-refractivity contribution is 6.09. The highest BCUT2D eigenvalue weighted by Gasteiger charge is 2.39. The van der Waals surface area contributed by atoms with Gasteiger partial charge in [0.25, 0.3) is 0 Å². The molecule has 2 unspecified atom stereocenters. The average Bonchev–Trinajstić information content (AvgIpc) is 3.82. The van der Waals surface area contributed by atoms with Gasteiger partial charge in [-0.3, -0.25) is 0 Å². The van der Waals surface area contributed by atoms with E-state index in [1.54, 1.807) is 0 Å². The number of anilines is 2. The molecule has 4 nitrogen and oxygen atoms in total. The van der Waals surface area contributed by atoms with Crippen LogP contribution in [0.15, 0.2) is 158 Å². The molecule has 8 aromatic rings. The van der Waals surface area contributed by atoms with Gasteiger partial charge >= 0.3 is 0 Å². The van der Waals surface area contributed by atoms with Crippen LogP contribution in [-0.4, -0.2) is 20.2 Å². The minimum atomic E-state index is 0.144. The molecule has 4 heterocycles. The summed E-state index contributed by atoms with van der Waals surface area (Å²) in [5, 5.41) is 3.86. The quantitative estimate of drug-likeness (QED) is 0.187. The van der Waals surface area contributed by atoms with Crippen molar-refractivity contribution in [2.45, 2.75) is 25.8 Å². The second-order valence-corrected chi connectivity index (χ2v) is 14.4. The van der Waals surface area contributed by atoms with Crippen LogP contribution in [0.1, 0.15) is 30.2 Å². The molecule has 0 fully saturated rings. The number of hydrogen-bond acceptors (Lipinski definition) is 2. The summed E-state index contributed by atoms with van der Waals surface area (Å²) in [4.78, 5) is 7.92. The van der Waals surface area contributed by atoms with E-state index in [1.165, 1.54) is 66.5 Å². The summed E-state index contributed by atoms with van der Waals surface area (Å²) < 4.78 is 4.87. The van der Waals surface area contributed by atoms with Crippen LogP contribution in [0.2, 0.25) is 0 Å². The van der Waals surface area contributed by atoms with Gasteiger partial charge in [0.05, 0.1) is 39.7 Å². The van der Waals surface area contributed by atoms with Crippen molar-refractivity contribution in [3.8, 4) is 16.9 Å². The third-order valence-electron chi connectivity index (χ3n) is 11.3. The van der Waals surface area contributed by atoms with E-state index >= 15 is 0 Å². The molecule has 3 aliphatic rings. The Bertz CT molecular complexity index is 2790. The fraction of sp³-hybridized carbons (Fsp3) is 0.104. The maximum atomic E-state index is 5.43. The number of nitrogens with zero attached hydrogens (tertiary/aromatic N) is 4. The molecule has 0 spiro atoms. The van der Waals surface area contributed by atoms with Crippen molar-refractivity contribution in [1.82, 2.24) is 14.1 Å². The molecule has 0 N–H and O–H groups in total. The molecule has 2 aliphatic carbocycles. The van der Waals surface area contributed by atoms with Crippen LogP contribution < -0.4 is 4.90 Å². The Balaban J connectivity index is 1.03. The minimum Gasteiger partial charge on any atom is -0.318 e. The molecule has 0 saturated carbocycles.